The lowest BCUT2D eigenvalue weighted by Crippen LogP contribution is -2.44. The number of halogens is 1. The van der Waals surface area contributed by atoms with Crippen molar-refractivity contribution in [3.05, 3.63) is 57.1 Å². The zero-order chi connectivity index (χ0) is 26.2. The molecule has 1 aromatic heterocycles. The van der Waals surface area contributed by atoms with Gasteiger partial charge in [0.1, 0.15) is 6.61 Å². The predicted molar refractivity (Wildman–Crippen MR) is 128 cm³/mol. The van der Waals surface area contributed by atoms with Crippen LogP contribution in [-0.2, 0) is 32.8 Å². The standard InChI is InChI=1S/C24H24FN2O8P/c1-4-24(30)17-8-19-14-5-12-6-18(25)20(35-36(31,32)33)7-13(12)21(26-11(2)3)15(14)9-27(19)22(28)16(17)10-34-23(24)29/h5-8,11,26,30H,4,9-10H2,1-3H3,(H2,31,32,33)/t24-/m0/s1. The number of esters is 1. The molecule has 4 N–H and O–H groups in total. The second kappa shape index (κ2) is 8.14. The Bertz CT molecular complexity index is 1560. The number of hydrogen-bond acceptors (Lipinski definition) is 7. The van der Waals surface area contributed by atoms with Crippen LogP contribution < -0.4 is 15.4 Å². The topological polar surface area (TPSA) is 147 Å². The molecule has 2 aliphatic rings. The van der Waals surface area contributed by atoms with Gasteiger partial charge in [0.2, 0.25) is 0 Å². The maximum atomic E-state index is 14.7. The monoisotopic (exact) mass is 518 g/mol. The van der Waals surface area contributed by atoms with E-state index in [4.69, 9.17) is 4.74 Å². The quantitative estimate of drug-likeness (QED) is 0.231. The number of ether oxygens (including phenoxy) is 1. The van der Waals surface area contributed by atoms with Crippen LogP contribution in [0.2, 0.25) is 0 Å². The Morgan fingerprint density at radius 1 is 1.22 bits per heavy atom. The molecule has 0 saturated heterocycles. The van der Waals surface area contributed by atoms with E-state index < -0.39 is 36.5 Å². The number of phosphoric ester groups is 1. The summed E-state index contributed by atoms with van der Waals surface area (Å²) in [7, 11) is -5.01. The second-order valence-electron chi connectivity index (χ2n) is 9.27. The zero-order valence-corrected chi connectivity index (χ0v) is 20.6. The molecule has 10 nitrogen and oxygen atoms in total. The van der Waals surface area contributed by atoms with E-state index in [0.717, 1.165) is 6.07 Å². The van der Waals surface area contributed by atoms with Gasteiger partial charge in [0.25, 0.3) is 5.56 Å². The molecule has 0 saturated carbocycles. The number of hydrogen-bond donors (Lipinski definition) is 4. The number of carbonyl (C=O) groups is 1. The van der Waals surface area contributed by atoms with Crippen molar-refractivity contribution in [1.29, 1.82) is 0 Å². The smallest absolute Gasteiger partial charge is 0.458 e. The molecule has 0 amide bonds. The number of phosphoric acid groups is 1. The highest BCUT2D eigenvalue weighted by Crippen LogP contribution is 2.46. The van der Waals surface area contributed by atoms with E-state index in [-0.39, 0.29) is 36.7 Å². The van der Waals surface area contributed by atoms with E-state index in [1.165, 1.54) is 10.6 Å². The number of cyclic esters (lactones) is 1. The van der Waals surface area contributed by atoms with Gasteiger partial charge in [0.05, 0.1) is 17.8 Å². The molecule has 5 rings (SSSR count). The van der Waals surface area contributed by atoms with Gasteiger partial charge in [-0.2, -0.15) is 0 Å². The number of carbonyl (C=O) groups excluding carboxylic acids is 1. The van der Waals surface area contributed by atoms with Crippen molar-refractivity contribution in [1.82, 2.24) is 4.57 Å². The van der Waals surface area contributed by atoms with Crippen LogP contribution in [0, 0.1) is 5.82 Å². The van der Waals surface area contributed by atoms with Gasteiger partial charge in [0, 0.05) is 33.8 Å². The van der Waals surface area contributed by atoms with Gasteiger partial charge in [-0.15, -0.1) is 0 Å². The molecule has 0 unspecified atom stereocenters. The molecule has 36 heavy (non-hydrogen) atoms. The number of fused-ring (bicyclic) bond motifs is 5. The number of nitrogens with one attached hydrogen (secondary N) is 1. The van der Waals surface area contributed by atoms with Crippen molar-refractivity contribution in [2.75, 3.05) is 5.32 Å². The Labute approximate surface area is 204 Å². The van der Waals surface area contributed by atoms with Crippen molar-refractivity contribution in [3.63, 3.8) is 0 Å². The number of aliphatic hydroxyl groups is 1. The van der Waals surface area contributed by atoms with Crippen molar-refractivity contribution in [2.45, 2.75) is 52.0 Å². The molecule has 0 aliphatic carbocycles. The van der Waals surface area contributed by atoms with Crippen LogP contribution in [0.4, 0.5) is 10.1 Å². The summed E-state index contributed by atoms with van der Waals surface area (Å²) in [6, 6.07) is 5.51. The average molecular weight is 518 g/mol. The minimum absolute atomic E-state index is 0.0139. The molecular formula is C24H24FN2O8P. The van der Waals surface area contributed by atoms with Gasteiger partial charge >= 0.3 is 13.8 Å². The zero-order valence-electron chi connectivity index (χ0n) is 19.7. The third kappa shape index (κ3) is 3.70. The molecule has 3 heterocycles. The lowest BCUT2D eigenvalue weighted by atomic mass is 9.85. The van der Waals surface area contributed by atoms with Crippen LogP contribution in [0.5, 0.6) is 5.75 Å². The van der Waals surface area contributed by atoms with Crippen LogP contribution in [-0.4, -0.2) is 31.5 Å². The summed E-state index contributed by atoms with van der Waals surface area (Å²) < 4.78 is 37.2. The first-order valence-electron chi connectivity index (χ1n) is 11.3. The third-order valence-corrected chi connectivity index (χ3v) is 7.02. The fourth-order valence-electron chi connectivity index (χ4n) is 4.93. The summed E-state index contributed by atoms with van der Waals surface area (Å²) in [5.74, 6) is -2.39. The molecule has 0 bridgehead atoms. The number of aromatic nitrogens is 1. The van der Waals surface area contributed by atoms with Crippen LogP contribution >= 0.6 is 7.82 Å². The van der Waals surface area contributed by atoms with Crippen LogP contribution in [0.15, 0.2) is 29.1 Å². The van der Waals surface area contributed by atoms with Crippen molar-refractivity contribution in [3.8, 4) is 17.0 Å². The summed E-state index contributed by atoms with van der Waals surface area (Å²) in [5.41, 5.74) is 0.327. The minimum atomic E-state index is -5.01. The number of anilines is 1. The first-order chi connectivity index (χ1) is 16.8. The summed E-state index contributed by atoms with van der Waals surface area (Å²) in [6.45, 7) is 5.29. The lowest BCUT2D eigenvalue weighted by molar-refractivity contribution is -0.172. The highest BCUT2D eigenvalue weighted by molar-refractivity contribution is 7.46. The first kappa shape index (κ1) is 24.5. The van der Waals surface area contributed by atoms with E-state index >= 15 is 0 Å². The molecule has 0 spiro atoms. The Hall–Kier alpha value is -3.24. The van der Waals surface area contributed by atoms with Crippen LogP contribution in [0.1, 0.15) is 43.9 Å². The molecular weight excluding hydrogens is 494 g/mol. The van der Waals surface area contributed by atoms with Gasteiger partial charge in [-0.25, -0.2) is 13.8 Å². The van der Waals surface area contributed by atoms with Crippen molar-refractivity contribution in [2.24, 2.45) is 0 Å². The Kier molecular flexibility index (Phi) is 5.53. The van der Waals surface area contributed by atoms with E-state index in [1.54, 1.807) is 19.1 Å². The molecule has 3 aromatic rings. The van der Waals surface area contributed by atoms with E-state index in [9.17, 15) is 33.4 Å². The highest BCUT2D eigenvalue weighted by atomic mass is 31.2. The average Bonchev–Trinajstić information content (AvgIpc) is 3.15. The molecule has 1 atom stereocenters. The Morgan fingerprint density at radius 2 is 1.94 bits per heavy atom. The normalized spacial score (nSPS) is 18.6. The minimum Gasteiger partial charge on any atom is -0.458 e. The number of nitrogens with zero attached hydrogens (tertiary/aromatic N) is 1. The van der Waals surface area contributed by atoms with Crippen molar-refractivity contribution >= 4 is 30.3 Å². The molecule has 12 heteroatoms. The van der Waals surface area contributed by atoms with E-state index in [2.05, 4.69) is 9.84 Å². The number of benzene rings is 2. The Morgan fingerprint density at radius 3 is 2.58 bits per heavy atom. The van der Waals surface area contributed by atoms with Gasteiger partial charge in [0.15, 0.2) is 17.2 Å². The molecule has 0 radical (unpaired) electrons. The summed E-state index contributed by atoms with van der Waals surface area (Å²) in [6.07, 6.45) is 0.0139. The Balaban J connectivity index is 1.79. The fraction of sp³-hybridized carbons (Fsp3) is 0.333. The van der Waals surface area contributed by atoms with E-state index in [0.29, 0.717) is 33.3 Å². The van der Waals surface area contributed by atoms with Crippen LogP contribution in [0.25, 0.3) is 22.0 Å². The molecule has 190 valence electrons. The first-order valence-corrected chi connectivity index (χ1v) is 12.8. The van der Waals surface area contributed by atoms with Gasteiger partial charge in [-0.1, -0.05) is 6.92 Å². The van der Waals surface area contributed by atoms with Crippen LogP contribution in [0.3, 0.4) is 0 Å². The lowest BCUT2D eigenvalue weighted by Gasteiger charge is -2.31. The largest absolute Gasteiger partial charge is 0.524 e. The molecule has 2 aliphatic heterocycles. The van der Waals surface area contributed by atoms with Gasteiger partial charge in [-0.05, 0) is 49.9 Å². The predicted octanol–water partition coefficient (Wildman–Crippen LogP) is 3.12. The number of rotatable bonds is 5. The van der Waals surface area contributed by atoms with E-state index in [1.807, 2.05) is 13.8 Å². The number of pyridine rings is 1. The maximum Gasteiger partial charge on any atom is 0.524 e. The second-order valence-corrected chi connectivity index (χ2v) is 10.4. The maximum absolute atomic E-state index is 14.7. The molecule has 2 aromatic carbocycles. The van der Waals surface area contributed by atoms with Gasteiger partial charge < -0.3 is 24.3 Å². The summed E-state index contributed by atoms with van der Waals surface area (Å²) in [5, 5.41) is 15.2. The molecule has 0 fully saturated rings. The highest BCUT2D eigenvalue weighted by Gasteiger charge is 2.45. The third-order valence-electron chi connectivity index (χ3n) is 6.59. The SMILES string of the molecule is CC[C@@]1(O)C(=O)OCc2c1cc1n(c2=O)Cc2c-1cc1cc(F)c(OP(=O)(O)O)cc1c2NC(C)C. The fourth-order valence-corrected chi connectivity index (χ4v) is 5.32. The van der Waals surface area contributed by atoms with Gasteiger partial charge in [-0.3, -0.25) is 14.6 Å². The summed E-state index contributed by atoms with van der Waals surface area (Å²) in [4.78, 5) is 44.2. The summed E-state index contributed by atoms with van der Waals surface area (Å²) >= 11 is 0. The van der Waals surface area contributed by atoms with Crippen molar-refractivity contribution < 1.29 is 37.9 Å².